The van der Waals surface area contributed by atoms with E-state index in [9.17, 15) is 4.79 Å². The molecule has 0 aromatic heterocycles. The van der Waals surface area contributed by atoms with Gasteiger partial charge in [0.2, 0.25) is 0 Å². The van der Waals surface area contributed by atoms with Crippen molar-refractivity contribution in [3.05, 3.63) is 35.4 Å². The Bertz CT molecular complexity index is 352. The van der Waals surface area contributed by atoms with E-state index in [1.165, 1.54) is 0 Å². The summed E-state index contributed by atoms with van der Waals surface area (Å²) in [7, 11) is 0. The molecule has 0 amide bonds. The number of aliphatic carboxylic acids is 1. The fourth-order valence-electron chi connectivity index (χ4n) is 1.49. The van der Waals surface area contributed by atoms with Gasteiger partial charge in [-0.2, -0.15) is 0 Å². The second-order valence-electron chi connectivity index (χ2n) is 3.66. The molecule has 88 valence electrons. The molecule has 0 saturated heterocycles. The monoisotopic (exact) mass is 223 g/mol. The molecule has 1 unspecified atom stereocenters. The zero-order chi connectivity index (χ0) is 12.0. The van der Waals surface area contributed by atoms with Crippen molar-refractivity contribution in [2.45, 2.75) is 32.5 Å². The van der Waals surface area contributed by atoms with Crippen LogP contribution < -0.4 is 5.32 Å². The predicted molar refractivity (Wildman–Crippen MR) is 60.9 cm³/mol. The number of rotatable bonds is 6. The molecule has 0 fully saturated rings. The predicted octanol–water partition coefficient (Wildman–Crippen LogP) is 1.13. The van der Waals surface area contributed by atoms with E-state index in [0.29, 0.717) is 13.0 Å². The molecule has 0 saturated carbocycles. The van der Waals surface area contributed by atoms with Crippen molar-refractivity contribution in [1.82, 2.24) is 5.32 Å². The number of carboxylic acids is 1. The van der Waals surface area contributed by atoms with E-state index in [2.05, 4.69) is 5.32 Å². The lowest BCUT2D eigenvalue weighted by molar-refractivity contribution is -0.139. The molecule has 0 aliphatic carbocycles. The number of benzene rings is 1. The number of carbonyl (C=O) groups is 1. The highest BCUT2D eigenvalue weighted by atomic mass is 16.4. The van der Waals surface area contributed by atoms with Crippen molar-refractivity contribution in [2.24, 2.45) is 0 Å². The number of aliphatic hydroxyl groups excluding tert-OH is 1. The highest BCUT2D eigenvalue weighted by Crippen LogP contribution is 2.05. The zero-order valence-corrected chi connectivity index (χ0v) is 9.31. The topological polar surface area (TPSA) is 69.6 Å². The highest BCUT2D eigenvalue weighted by Gasteiger charge is 2.13. The zero-order valence-electron chi connectivity index (χ0n) is 9.31. The Kier molecular flexibility index (Phi) is 4.95. The Balaban J connectivity index is 2.56. The van der Waals surface area contributed by atoms with Crippen LogP contribution in [0.2, 0.25) is 0 Å². The van der Waals surface area contributed by atoms with Crippen molar-refractivity contribution < 1.29 is 15.0 Å². The van der Waals surface area contributed by atoms with E-state index in [-0.39, 0.29) is 6.61 Å². The second kappa shape index (κ2) is 6.25. The standard InChI is InChI=1S/C12H17NO3/c1-2-11(12(15)16)13-7-9-4-3-5-10(6-9)8-14/h3-6,11,13-14H,2,7-8H2,1H3,(H,15,16). The molecule has 0 radical (unpaired) electrons. The second-order valence-corrected chi connectivity index (χ2v) is 3.66. The molecular weight excluding hydrogens is 206 g/mol. The summed E-state index contributed by atoms with van der Waals surface area (Å²) in [6.45, 7) is 2.33. The lowest BCUT2D eigenvalue weighted by Crippen LogP contribution is -2.35. The van der Waals surface area contributed by atoms with Crippen LogP contribution in [0.3, 0.4) is 0 Å². The van der Waals surface area contributed by atoms with Gasteiger partial charge in [0.25, 0.3) is 0 Å². The molecular formula is C12H17NO3. The Hall–Kier alpha value is -1.39. The largest absolute Gasteiger partial charge is 0.480 e. The summed E-state index contributed by atoms with van der Waals surface area (Å²) in [6.07, 6.45) is 0.551. The van der Waals surface area contributed by atoms with Crippen LogP contribution in [0.1, 0.15) is 24.5 Å². The van der Waals surface area contributed by atoms with Gasteiger partial charge in [-0.1, -0.05) is 31.2 Å². The molecule has 1 rings (SSSR count). The van der Waals surface area contributed by atoms with Crippen molar-refractivity contribution in [1.29, 1.82) is 0 Å². The van der Waals surface area contributed by atoms with Gasteiger partial charge >= 0.3 is 5.97 Å². The fraction of sp³-hybridized carbons (Fsp3) is 0.417. The van der Waals surface area contributed by atoms with Gasteiger partial charge < -0.3 is 15.5 Å². The van der Waals surface area contributed by atoms with E-state index in [1.54, 1.807) is 0 Å². The first kappa shape index (κ1) is 12.7. The van der Waals surface area contributed by atoms with E-state index in [1.807, 2.05) is 31.2 Å². The SMILES string of the molecule is CCC(NCc1cccc(CO)c1)C(=O)O. The van der Waals surface area contributed by atoms with Crippen molar-refractivity contribution in [3.8, 4) is 0 Å². The van der Waals surface area contributed by atoms with Gasteiger partial charge in [-0.05, 0) is 17.5 Å². The molecule has 0 aliphatic rings. The van der Waals surface area contributed by atoms with Crippen LogP contribution in [0, 0.1) is 0 Å². The van der Waals surface area contributed by atoms with Gasteiger partial charge in [0.1, 0.15) is 6.04 Å². The Morgan fingerprint density at radius 3 is 2.69 bits per heavy atom. The number of carboxylic acid groups (broad SMARTS) is 1. The summed E-state index contributed by atoms with van der Waals surface area (Å²) in [6, 6.07) is 6.93. The third-order valence-corrected chi connectivity index (χ3v) is 2.43. The fourth-order valence-corrected chi connectivity index (χ4v) is 1.49. The van der Waals surface area contributed by atoms with Crippen LogP contribution in [-0.2, 0) is 17.9 Å². The summed E-state index contributed by atoms with van der Waals surface area (Å²) < 4.78 is 0. The van der Waals surface area contributed by atoms with Crippen molar-refractivity contribution >= 4 is 5.97 Å². The summed E-state index contributed by atoms with van der Waals surface area (Å²) in [5.74, 6) is -0.833. The molecule has 1 atom stereocenters. The molecule has 1 aromatic carbocycles. The van der Waals surface area contributed by atoms with Gasteiger partial charge in [-0.15, -0.1) is 0 Å². The number of nitrogens with one attached hydrogen (secondary N) is 1. The average Bonchev–Trinajstić information content (AvgIpc) is 2.29. The van der Waals surface area contributed by atoms with Crippen LogP contribution in [0.25, 0.3) is 0 Å². The van der Waals surface area contributed by atoms with Gasteiger partial charge in [0.15, 0.2) is 0 Å². The Morgan fingerprint density at radius 1 is 1.44 bits per heavy atom. The molecule has 4 heteroatoms. The Morgan fingerprint density at radius 2 is 2.12 bits per heavy atom. The Labute approximate surface area is 94.9 Å². The first-order chi connectivity index (χ1) is 7.67. The lowest BCUT2D eigenvalue weighted by Gasteiger charge is -2.12. The quantitative estimate of drug-likeness (QED) is 0.676. The molecule has 0 aliphatic heterocycles. The number of hydrogen-bond donors (Lipinski definition) is 3. The molecule has 0 heterocycles. The normalized spacial score (nSPS) is 12.4. The minimum absolute atomic E-state index is 0.00395. The lowest BCUT2D eigenvalue weighted by atomic mass is 10.1. The summed E-state index contributed by atoms with van der Waals surface area (Å²) in [4.78, 5) is 10.8. The van der Waals surface area contributed by atoms with E-state index >= 15 is 0 Å². The van der Waals surface area contributed by atoms with Gasteiger partial charge in [0.05, 0.1) is 6.61 Å². The minimum Gasteiger partial charge on any atom is -0.480 e. The smallest absolute Gasteiger partial charge is 0.320 e. The minimum atomic E-state index is -0.833. The van der Waals surface area contributed by atoms with Crippen LogP contribution >= 0.6 is 0 Å². The van der Waals surface area contributed by atoms with Crippen LogP contribution in [0.15, 0.2) is 24.3 Å². The van der Waals surface area contributed by atoms with Gasteiger partial charge in [-0.3, -0.25) is 4.79 Å². The molecule has 1 aromatic rings. The first-order valence-electron chi connectivity index (χ1n) is 5.32. The number of hydrogen-bond acceptors (Lipinski definition) is 3. The third kappa shape index (κ3) is 3.64. The van der Waals surface area contributed by atoms with E-state index in [0.717, 1.165) is 11.1 Å². The maximum atomic E-state index is 10.8. The molecule has 16 heavy (non-hydrogen) atoms. The molecule has 0 spiro atoms. The summed E-state index contributed by atoms with van der Waals surface area (Å²) >= 11 is 0. The maximum Gasteiger partial charge on any atom is 0.320 e. The number of aliphatic hydroxyl groups is 1. The molecule has 3 N–H and O–H groups in total. The maximum absolute atomic E-state index is 10.8. The van der Waals surface area contributed by atoms with E-state index in [4.69, 9.17) is 10.2 Å². The van der Waals surface area contributed by atoms with Crippen LogP contribution in [0.4, 0.5) is 0 Å². The molecule has 4 nitrogen and oxygen atoms in total. The van der Waals surface area contributed by atoms with E-state index < -0.39 is 12.0 Å². The van der Waals surface area contributed by atoms with Crippen molar-refractivity contribution in [3.63, 3.8) is 0 Å². The van der Waals surface area contributed by atoms with Crippen molar-refractivity contribution in [2.75, 3.05) is 0 Å². The molecule has 0 bridgehead atoms. The average molecular weight is 223 g/mol. The summed E-state index contributed by atoms with van der Waals surface area (Å²) in [5.41, 5.74) is 1.81. The van der Waals surface area contributed by atoms with Gasteiger partial charge in [-0.25, -0.2) is 0 Å². The summed E-state index contributed by atoms with van der Waals surface area (Å²) in [5, 5.41) is 20.8. The highest BCUT2D eigenvalue weighted by molar-refractivity contribution is 5.73. The van der Waals surface area contributed by atoms with Crippen LogP contribution in [-0.4, -0.2) is 22.2 Å². The van der Waals surface area contributed by atoms with Crippen LogP contribution in [0.5, 0.6) is 0 Å². The van der Waals surface area contributed by atoms with Gasteiger partial charge in [0, 0.05) is 6.54 Å². The first-order valence-corrected chi connectivity index (χ1v) is 5.32. The third-order valence-electron chi connectivity index (χ3n) is 2.43.